The molecule has 26 heavy (non-hydrogen) atoms. The summed E-state index contributed by atoms with van der Waals surface area (Å²) in [5, 5.41) is 8.66. The van der Waals surface area contributed by atoms with E-state index in [1.165, 1.54) is 96.3 Å². The fraction of sp³-hybridized carbons (Fsp3) is 0.958. The van der Waals surface area contributed by atoms with Gasteiger partial charge in [0.15, 0.2) is 0 Å². The predicted molar refractivity (Wildman–Crippen MR) is 115 cm³/mol. The molecule has 2 nitrogen and oxygen atoms in total. The molecule has 0 aromatic heterocycles. The first-order valence-electron chi connectivity index (χ1n) is 11.8. The van der Waals surface area contributed by atoms with Crippen LogP contribution in [0.25, 0.3) is 0 Å². The fourth-order valence-corrected chi connectivity index (χ4v) is 4.03. The molecule has 0 aliphatic heterocycles. The molecule has 0 aliphatic rings. The first kappa shape index (κ1) is 25.5. The van der Waals surface area contributed by atoms with Crippen molar-refractivity contribution in [2.75, 3.05) is 0 Å². The fourth-order valence-electron chi connectivity index (χ4n) is 4.03. The van der Waals surface area contributed by atoms with E-state index in [0.29, 0.717) is 6.42 Å². The van der Waals surface area contributed by atoms with E-state index in [2.05, 4.69) is 20.8 Å². The minimum atomic E-state index is -0.655. The van der Waals surface area contributed by atoms with Crippen LogP contribution in [0.15, 0.2) is 0 Å². The number of carboxylic acids is 1. The second kappa shape index (κ2) is 19.2. The number of rotatable bonds is 20. The van der Waals surface area contributed by atoms with Gasteiger partial charge in [0, 0.05) is 6.42 Å². The molecule has 0 saturated carbocycles. The normalized spacial score (nSPS) is 13.7. The van der Waals surface area contributed by atoms with Crippen LogP contribution in [0.3, 0.4) is 0 Å². The van der Waals surface area contributed by atoms with Gasteiger partial charge in [-0.05, 0) is 24.7 Å². The van der Waals surface area contributed by atoms with Crippen LogP contribution in [-0.4, -0.2) is 11.1 Å². The van der Waals surface area contributed by atoms with Crippen molar-refractivity contribution >= 4 is 5.97 Å². The summed E-state index contributed by atoms with van der Waals surface area (Å²) in [4.78, 5) is 10.5. The molecule has 0 saturated heterocycles. The Morgan fingerprint density at radius 2 is 1.04 bits per heavy atom. The van der Waals surface area contributed by atoms with E-state index >= 15 is 0 Å². The number of carbonyl (C=O) groups is 1. The molecular weight excluding hydrogens is 320 g/mol. The summed E-state index contributed by atoms with van der Waals surface area (Å²) < 4.78 is 0. The minimum Gasteiger partial charge on any atom is -0.481 e. The maximum absolute atomic E-state index is 10.5. The highest BCUT2D eigenvalue weighted by Crippen LogP contribution is 2.22. The first-order valence-corrected chi connectivity index (χ1v) is 11.8. The number of aliphatic carboxylic acids is 1. The van der Waals surface area contributed by atoms with Gasteiger partial charge in [-0.3, -0.25) is 4.79 Å². The van der Waals surface area contributed by atoms with Gasteiger partial charge in [0.25, 0.3) is 0 Å². The standard InChI is InChI=1S/C24H48O2/c1-4-5-6-7-8-9-10-11-12-13-14-15-18-22(2)21-23(3)19-16-17-20-24(25)26/h22-23H,4-21H2,1-3H3,(H,25,26). The molecule has 0 fully saturated rings. The zero-order valence-electron chi connectivity index (χ0n) is 18.2. The number of carboxylic acid groups (broad SMARTS) is 1. The Morgan fingerprint density at radius 3 is 1.46 bits per heavy atom. The van der Waals surface area contributed by atoms with Crippen molar-refractivity contribution in [3.63, 3.8) is 0 Å². The van der Waals surface area contributed by atoms with E-state index in [1.807, 2.05) is 0 Å². The van der Waals surface area contributed by atoms with E-state index in [4.69, 9.17) is 5.11 Å². The van der Waals surface area contributed by atoms with Crippen molar-refractivity contribution in [3.8, 4) is 0 Å². The molecule has 0 amide bonds. The maximum atomic E-state index is 10.5. The summed E-state index contributed by atoms with van der Waals surface area (Å²) in [7, 11) is 0. The van der Waals surface area contributed by atoms with E-state index < -0.39 is 5.97 Å². The molecule has 0 bridgehead atoms. The number of unbranched alkanes of at least 4 members (excludes halogenated alkanes) is 12. The van der Waals surface area contributed by atoms with Crippen LogP contribution in [0, 0.1) is 11.8 Å². The quantitative estimate of drug-likeness (QED) is 0.219. The van der Waals surface area contributed by atoms with Crippen LogP contribution < -0.4 is 0 Å². The lowest BCUT2D eigenvalue weighted by molar-refractivity contribution is -0.137. The van der Waals surface area contributed by atoms with Crippen LogP contribution in [0.2, 0.25) is 0 Å². The number of hydrogen-bond acceptors (Lipinski definition) is 1. The van der Waals surface area contributed by atoms with Gasteiger partial charge >= 0.3 is 5.97 Å². The largest absolute Gasteiger partial charge is 0.481 e. The topological polar surface area (TPSA) is 37.3 Å². The van der Waals surface area contributed by atoms with E-state index in [1.54, 1.807) is 0 Å². The summed E-state index contributed by atoms with van der Waals surface area (Å²) in [6, 6.07) is 0. The van der Waals surface area contributed by atoms with Gasteiger partial charge < -0.3 is 5.11 Å². The van der Waals surface area contributed by atoms with Crippen molar-refractivity contribution in [2.45, 2.75) is 136 Å². The Labute approximate surface area is 164 Å². The smallest absolute Gasteiger partial charge is 0.303 e. The third kappa shape index (κ3) is 19.8. The Kier molecular flexibility index (Phi) is 18.8. The Hall–Kier alpha value is -0.530. The average molecular weight is 369 g/mol. The molecule has 0 aliphatic carbocycles. The van der Waals surface area contributed by atoms with E-state index in [0.717, 1.165) is 24.7 Å². The summed E-state index contributed by atoms with van der Waals surface area (Å²) in [5.74, 6) is 0.918. The molecule has 156 valence electrons. The van der Waals surface area contributed by atoms with E-state index in [-0.39, 0.29) is 0 Å². The molecule has 1 N–H and O–H groups in total. The summed E-state index contributed by atoms with van der Waals surface area (Å²) in [6.45, 7) is 7.01. The lowest BCUT2D eigenvalue weighted by Gasteiger charge is -2.17. The molecule has 0 spiro atoms. The predicted octanol–water partition coefficient (Wildman–Crippen LogP) is 8.38. The molecule has 0 aromatic carbocycles. The first-order chi connectivity index (χ1) is 12.6. The van der Waals surface area contributed by atoms with Gasteiger partial charge in [-0.25, -0.2) is 0 Å². The van der Waals surface area contributed by atoms with Crippen molar-refractivity contribution in [1.29, 1.82) is 0 Å². The van der Waals surface area contributed by atoms with Crippen molar-refractivity contribution in [1.82, 2.24) is 0 Å². The highest BCUT2D eigenvalue weighted by atomic mass is 16.4. The Bertz CT molecular complexity index is 301. The lowest BCUT2D eigenvalue weighted by Crippen LogP contribution is -2.04. The van der Waals surface area contributed by atoms with Gasteiger partial charge in [0.1, 0.15) is 0 Å². The Morgan fingerprint density at radius 1 is 0.654 bits per heavy atom. The van der Waals surface area contributed by atoms with Gasteiger partial charge in [0.05, 0.1) is 0 Å². The maximum Gasteiger partial charge on any atom is 0.303 e. The molecule has 0 radical (unpaired) electrons. The number of hydrogen-bond donors (Lipinski definition) is 1. The molecule has 0 aromatic rings. The summed E-state index contributed by atoms with van der Waals surface area (Å²) in [5.41, 5.74) is 0. The lowest BCUT2D eigenvalue weighted by atomic mass is 9.89. The van der Waals surface area contributed by atoms with Gasteiger partial charge in [0.2, 0.25) is 0 Å². The zero-order chi connectivity index (χ0) is 19.5. The van der Waals surface area contributed by atoms with Crippen LogP contribution in [-0.2, 0) is 4.79 Å². The second-order valence-electron chi connectivity index (χ2n) is 8.76. The van der Waals surface area contributed by atoms with Crippen LogP contribution >= 0.6 is 0 Å². The van der Waals surface area contributed by atoms with Gasteiger partial charge in [-0.2, -0.15) is 0 Å². The molecular formula is C24H48O2. The minimum absolute atomic E-state index is 0.334. The summed E-state index contributed by atoms with van der Waals surface area (Å²) >= 11 is 0. The average Bonchev–Trinajstić information content (AvgIpc) is 2.59. The zero-order valence-corrected chi connectivity index (χ0v) is 18.2. The monoisotopic (exact) mass is 368 g/mol. The van der Waals surface area contributed by atoms with Crippen LogP contribution in [0.5, 0.6) is 0 Å². The van der Waals surface area contributed by atoms with Crippen LogP contribution in [0.1, 0.15) is 136 Å². The highest BCUT2D eigenvalue weighted by Gasteiger charge is 2.09. The van der Waals surface area contributed by atoms with Gasteiger partial charge in [-0.15, -0.1) is 0 Å². The molecule has 0 rings (SSSR count). The van der Waals surface area contributed by atoms with E-state index in [9.17, 15) is 4.79 Å². The van der Waals surface area contributed by atoms with Crippen molar-refractivity contribution in [3.05, 3.63) is 0 Å². The van der Waals surface area contributed by atoms with Crippen molar-refractivity contribution in [2.24, 2.45) is 11.8 Å². The molecule has 2 atom stereocenters. The molecule has 2 heteroatoms. The SMILES string of the molecule is CCCCCCCCCCCCCCC(C)CC(C)CCCCC(=O)O. The third-order valence-corrected chi connectivity index (χ3v) is 5.69. The molecule has 2 unspecified atom stereocenters. The Balaban J connectivity index is 3.30. The molecule has 0 heterocycles. The van der Waals surface area contributed by atoms with Gasteiger partial charge in [-0.1, -0.05) is 117 Å². The van der Waals surface area contributed by atoms with Crippen molar-refractivity contribution < 1.29 is 9.90 Å². The summed E-state index contributed by atoms with van der Waals surface area (Å²) in [6.07, 6.45) is 23.2. The van der Waals surface area contributed by atoms with Crippen LogP contribution in [0.4, 0.5) is 0 Å². The highest BCUT2D eigenvalue weighted by molar-refractivity contribution is 5.66. The third-order valence-electron chi connectivity index (χ3n) is 5.69. The second-order valence-corrected chi connectivity index (χ2v) is 8.76.